The van der Waals surface area contributed by atoms with Crippen LogP contribution in [0.5, 0.6) is 0 Å². The van der Waals surface area contributed by atoms with E-state index in [9.17, 15) is 9.59 Å². The number of aromatic nitrogens is 1. The molecule has 2 fully saturated rings. The monoisotopic (exact) mass is 313 g/mol. The molecule has 1 saturated heterocycles. The normalized spacial score (nSPS) is 21.4. The lowest BCUT2D eigenvalue weighted by atomic mass is 10.1. The van der Waals surface area contributed by atoms with Crippen molar-refractivity contribution in [2.75, 3.05) is 25.1 Å². The summed E-state index contributed by atoms with van der Waals surface area (Å²) in [5.41, 5.74) is 1.58. The molecule has 1 atom stereocenters. The third-order valence-electron chi connectivity index (χ3n) is 4.63. The number of amides is 2. The standard InChI is InChI=1S/C17H19N3O3/c21-16(19-14-3-1-2-13-12(14)6-7-18-13)17(22)20-8-9-23-10-15(20)11-4-5-11/h1-3,6-7,11,15,18H,4-5,8-10H2,(H,19,21)/t15-/m1/s1. The van der Waals surface area contributed by atoms with Gasteiger partial charge in [-0.2, -0.15) is 0 Å². The molecule has 120 valence electrons. The van der Waals surface area contributed by atoms with Crippen molar-refractivity contribution in [1.29, 1.82) is 0 Å². The first kappa shape index (κ1) is 14.3. The lowest BCUT2D eigenvalue weighted by Crippen LogP contribution is -2.53. The third kappa shape index (κ3) is 2.70. The Morgan fingerprint density at radius 1 is 1.26 bits per heavy atom. The average Bonchev–Trinajstić information content (AvgIpc) is 3.31. The molecule has 1 aliphatic carbocycles. The molecule has 0 spiro atoms. The van der Waals surface area contributed by atoms with Gasteiger partial charge in [0.2, 0.25) is 0 Å². The summed E-state index contributed by atoms with van der Waals surface area (Å²) in [7, 11) is 0. The van der Waals surface area contributed by atoms with Gasteiger partial charge in [0.1, 0.15) is 0 Å². The summed E-state index contributed by atoms with van der Waals surface area (Å²) in [6.45, 7) is 1.52. The van der Waals surface area contributed by atoms with Crippen molar-refractivity contribution in [3.05, 3.63) is 30.5 Å². The van der Waals surface area contributed by atoms with E-state index in [2.05, 4.69) is 10.3 Å². The first-order chi connectivity index (χ1) is 11.2. The minimum atomic E-state index is -0.578. The predicted octanol–water partition coefficient (Wildman–Crippen LogP) is 1.74. The molecule has 2 amide bonds. The quantitative estimate of drug-likeness (QED) is 0.829. The van der Waals surface area contributed by atoms with Crippen LogP contribution < -0.4 is 5.32 Å². The minimum absolute atomic E-state index is 0.0463. The number of carbonyl (C=O) groups excluding carboxylic acids is 2. The number of fused-ring (bicyclic) bond motifs is 1. The number of H-pyrrole nitrogens is 1. The molecule has 1 aromatic heterocycles. The maximum Gasteiger partial charge on any atom is 0.313 e. The number of nitrogens with zero attached hydrogens (tertiary/aromatic N) is 1. The number of rotatable bonds is 2. The summed E-state index contributed by atoms with van der Waals surface area (Å²) < 4.78 is 5.48. The number of benzene rings is 1. The lowest BCUT2D eigenvalue weighted by Gasteiger charge is -2.35. The van der Waals surface area contributed by atoms with Crippen molar-refractivity contribution < 1.29 is 14.3 Å². The van der Waals surface area contributed by atoms with E-state index in [0.717, 1.165) is 23.7 Å². The van der Waals surface area contributed by atoms with Gasteiger partial charge in [-0.25, -0.2) is 0 Å². The Labute approximate surface area is 133 Å². The van der Waals surface area contributed by atoms with Gasteiger partial charge in [-0.05, 0) is 37.0 Å². The highest BCUT2D eigenvalue weighted by atomic mass is 16.5. The number of anilines is 1. The number of carbonyl (C=O) groups is 2. The van der Waals surface area contributed by atoms with E-state index >= 15 is 0 Å². The number of aromatic amines is 1. The smallest absolute Gasteiger partial charge is 0.313 e. The summed E-state index contributed by atoms with van der Waals surface area (Å²) in [5.74, 6) is -0.552. The topological polar surface area (TPSA) is 74.4 Å². The summed E-state index contributed by atoms with van der Waals surface area (Å²) in [5, 5.41) is 3.65. The molecule has 2 aliphatic rings. The Morgan fingerprint density at radius 3 is 2.96 bits per heavy atom. The molecule has 1 saturated carbocycles. The van der Waals surface area contributed by atoms with Crippen molar-refractivity contribution in [1.82, 2.24) is 9.88 Å². The van der Waals surface area contributed by atoms with Gasteiger partial charge in [0.15, 0.2) is 0 Å². The number of morpholine rings is 1. The molecular formula is C17H19N3O3. The van der Waals surface area contributed by atoms with Crippen LogP contribution in [-0.2, 0) is 14.3 Å². The number of hydrogen-bond donors (Lipinski definition) is 2. The summed E-state index contributed by atoms with van der Waals surface area (Å²) in [6, 6.07) is 7.51. The van der Waals surface area contributed by atoms with Crippen molar-refractivity contribution in [3.63, 3.8) is 0 Å². The van der Waals surface area contributed by atoms with Gasteiger partial charge in [0.05, 0.1) is 24.9 Å². The first-order valence-corrected chi connectivity index (χ1v) is 8.00. The Bertz CT molecular complexity index is 750. The van der Waals surface area contributed by atoms with E-state index in [1.54, 1.807) is 11.0 Å². The molecule has 6 heteroatoms. The van der Waals surface area contributed by atoms with Crippen LogP contribution >= 0.6 is 0 Å². The maximum absolute atomic E-state index is 12.6. The van der Waals surface area contributed by atoms with E-state index in [0.29, 0.717) is 31.4 Å². The second-order valence-electron chi connectivity index (χ2n) is 6.18. The fourth-order valence-corrected chi connectivity index (χ4v) is 3.25. The molecule has 1 aromatic carbocycles. The van der Waals surface area contributed by atoms with Gasteiger partial charge < -0.3 is 19.9 Å². The third-order valence-corrected chi connectivity index (χ3v) is 4.63. The second-order valence-corrected chi connectivity index (χ2v) is 6.18. The van der Waals surface area contributed by atoms with Gasteiger partial charge in [-0.15, -0.1) is 0 Å². The molecule has 2 N–H and O–H groups in total. The van der Waals surface area contributed by atoms with Gasteiger partial charge >= 0.3 is 11.8 Å². The molecule has 23 heavy (non-hydrogen) atoms. The highest BCUT2D eigenvalue weighted by Gasteiger charge is 2.40. The Morgan fingerprint density at radius 2 is 2.13 bits per heavy atom. The van der Waals surface area contributed by atoms with E-state index in [1.807, 2.05) is 24.4 Å². The zero-order valence-electron chi connectivity index (χ0n) is 12.7. The van der Waals surface area contributed by atoms with Crippen LogP contribution in [0.3, 0.4) is 0 Å². The Balaban J connectivity index is 1.51. The molecule has 0 radical (unpaired) electrons. The largest absolute Gasteiger partial charge is 0.377 e. The van der Waals surface area contributed by atoms with Gasteiger partial charge in [-0.1, -0.05) is 6.07 Å². The van der Waals surface area contributed by atoms with Crippen LogP contribution in [0.2, 0.25) is 0 Å². The zero-order chi connectivity index (χ0) is 15.8. The summed E-state index contributed by atoms with van der Waals surface area (Å²) in [6.07, 6.45) is 4.04. The molecule has 4 rings (SSSR count). The zero-order valence-corrected chi connectivity index (χ0v) is 12.7. The van der Waals surface area contributed by atoms with Crippen LogP contribution in [0.4, 0.5) is 5.69 Å². The molecule has 2 heterocycles. The van der Waals surface area contributed by atoms with Crippen LogP contribution in [0.1, 0.15) is 12.8 Å². The molecule has 0 unspecified atom stereocenters. The lowest BCUT2D eigenvalue weighted by molar-refractivity contribution is -0.149. The van der Waals surface area contributed by atoms with Crippen LogP contribution in [0.25, 0.3) is 10.9 Å². The number of hydrogen-bond acceptors (Lipinski definition) is 3. The first-order valence-electron chi connectivity index (χ1n) is 8.00. The van der Waals surface area contributed by atoms with E-state index in [1.165, 1.54) is 0 Å². The molecule has 6 nitrogen and oxygen atoms in total. The fourth-order valence-electron chi connectivity index (χ4n) is 3.25. The van der Waals surface area contributed by atoms with Crippen LogP contribution in [-0.4, -0.2) is 47.5 Å². The SMILES string of the molecule is O=C(Nc1cccc2[nH]ccc12)C(=O)N1CCOC[C@@H]1C1CC1. The van der Waals surface area contributed by atoms with E-state index in [-0.39, 0.29) is 6.04 Å². The molecule has 2 aromatic rings. The van der Waals surface area contributed by atoms with Gasteiger partial charge in [-0.3, -0.25) is 9.59 Å². The van der Waals surface area contributed by atoms with Crippen LogP contribution in [0, 0.1) is 5.92 Å². The predicted molar refractivity (Wildman–Crippen MR) is 86.0 cm³/mol. The fraction of sp³-hybridized carbons (Fsp3) is 0.412. The van der Waals surface area contributed by atoms with Gasteiger partial charge in [0.25, 0.3) is 0 Å². The highest BCUT2D eigenvalue weighted by Crippen LogP contribution is 2.36. The average molecular weight is 313 g/mol. The highest BCUT2D eigenvalue weighted by molar-refractivity contribution is 6.40. The summed E-state index contributed by atoms with van der Waals surface area (Å²) >= 11 is 0. The Kier molecular flexibility index (Phi) is 3.53. The molecule has 1 aliphatic heterocycles. The minimum Gasteiger partial charge on any atom is -0.377 e. The maximum atomic E-state index is 12.6. The Hall–Kier alpha value is -2.34. The van der Waals surface area contributed by atoms with Crippen molar-refractivity contribution in [2.24, 2.45) is 5.92 Å². The van der Waals surface area contributed by atoms with Gasteiger partial charge in [0, 0.05) is 23.6 Å². The molecule has 0 bridgehead atoms. The van der Waals surface area contributed by atoms with Crippen molar-refractivity contribution in [2.45, 2.75) is 18.9 Å². The van der Waals surface area contributed by atoms with E-state index in [4.69, 9.17) is 4.74 Å². The molecular weight excluding hydrogens is 294 g/mol. The number of ether oxygens (including phenoxy) is 1. The second kappa shape index (κ2) is 5.70. The summed E-state index contributed by atoms with van der Waals surface area (Å²) in [4.78, 5) is 29.8. The van der Waals surface area contributed by atoms with Crippen molar-refractivity contribution in [3.8, 4) is 0 Å². The number of nitrogens with one attached hydrogen (secondary N) is 2. The van der Waals surface area contributed by atoms with Crippen molar-refractivity contribution >= 4 is 28.4 Å². The van der Waals surface area contributed by atoms with E-state index < -0.39 is 11.8 Å². The van der Waals surface area contributed by atoms with Crippen LogP contribution in [0.15, 0.2) is 30.5 Å².